The molecule has 1 N–H and O–H groups in total. The molecule has 0 atom stereocenters. The van der Waals surface area contributed by atoms with Crippen LogP contribution >= 0.6 is 27.3 Å². The van der Waals surface area contributed by atoms with E-state index in [1.165, 1.54) is 0 Å². The van der Waals surface area contributed by atoms with Gasteiger partial charge in [-0.1, -0.05) is 40.2 Å². The summed E-state index contributed by atoms with van der Waals surface area (Å²) in [6, 6.07) is 11.9. The molecular formula is C18H16BrN3OS. The SMILES string of the molecule is O=C(CCc1ccccc1Br)NCc1nccnc1-c1cccs1. The Morgan fingerprint density at radius 2 is 1.96 bits per heavy atom. The summed E-state index contributed by atoms with van der Waals surface area (Å²) >= 11 is 5.12. The summed E-state index contributed by atoms with van der Waals surface area (Å²) in [7, 11) is 0. The molecule has 1 amide bonds. The van der Waals surface area contributed by atoms with Crippen LogP contribution in [0.5, 0.6) is 0 Å². The molecule has 0 saturated heterocycles. The van der Waals surface area contributed by atoms with Gasteiger partial charge in [0.05, 0.1) is 17.1 Å². The Morgan fingerprint density at radius 1 is 1.12 bits per heavy atom. The largest absolute Gasteiger partial charge is 0.350 e. The molecule has 0 aliphatic rings. The van der Waals surface area contributed by atoms with Crippen molar-refractivity contribution in [3.8, 4) is 10.6 Å². The number of thiophene rings is 1. The molecule has 6 heteroatoms. The lowest BCUT2D eigenvalue weighted by molar-refractivity contribution is -0.121. The summed E-state index contributed by atoms with van der Waals surface area (Å²) in [5, 5.41) is 4.94. The monoisotopic (exact) mass is 401 g/mol. The summed E-state index contributed by atoms with van der Waals surface area (Å²) in [5.41, 5.74) is 2.75. The van der Waals surface area contributed by atoms with Gasteiger partial charge < -0.3 is 5.32 Å². The van der Waals surface area contributed by atoms with Gasteiger partial charge in [0.15, 0.2) is 0 Å². The molecule has 0 fully saturated rings. The number of amides is 1. The zero-order chi connectivity index (χ0) is 16.8. The van der Waals surface area contributed by atoms with E-state index in [0.717, 1.165) is 26.3 Å². The van der Waals surface area contributed by atoms with Crippen LogP contribution in [0.4, 0.5) is 0 Å². The molecule has 0 saturated carbocycles. The van der Waals surface area contributed by atoms with Crippen LogP contribution in [-0.4, -0.2) is 15.9 Å². The fourth-order valence-electron chi connectivity index (χ4n) is 2.34. The number of carbonyl (C=O) groups is 1. The number of halogens is 1. The average Bonchev–Trinajstić information content (AvgIpc) is 3.14. The number of hydrogen-bond donors (Lipinski definition) is 1. The smallest absolute Gasteiger partial charge is 0.220 e. The summed E-state index contributed by atoms with van der Waals surface area (Å²) in [6.07, 6.45) is 4.47. The van der Waals surface area contributed by atoms with Crippen LogP contribution < -0.4 is 5.32 Å². The first-order chi connectivity index (χ1) is 11.7. The molecule has 0 aliphatic carbocycles. The molecule has 0 radical (unpaired) electrons. The molecule has 0 aliphatic heterocycles. The van der Waals surface area contributed by atoms with Crippen molar-refractivity contribution in [2.45, 2.75) is 19.4 Å². The number of aryl methyl sites for hydroxylation is 1. The Morgan fingerprint density at radius 3 is 2.75 bits per heavy atom. The van der Waals surface area contributed by atoms with Crippen LogP contribution in [0.2, 0.25) is 0 Å². The summed E-state index contributed by atoms with van der Waals surface area (Å²) < 4.78 is 1.03. The number of hydrogen-bond acceptors (Lipinski definition) is 4. The average molecular weight is 402 g/mol. The maximum absolute atomic E-state index is 12.1. The topological polar surface area (TPSA) is 54.9 Å². The van der Waals surface area contributed by atoms with E-state index in [1.54, 1.807) is 23.7 Å². The van der Waals surface area contributed by atoms with Gasteiger partial charge in [-0.25, -0.2) is 0 Å². The summed E-state index contributed by atoms with van der Waals surface area (Å²) in [6.45, 7) is 0.385. The van der Waals surface area contributed by atoms with Gasteiger partial charge in [-0.2, -0.15) is 0 Å². The second kappa shape index (κ2) is 8.17. The Hall–Kier alpha value is -2.05. The molecule has 0 spiro atoms. The van der Waals surface area contributed by atoms with Gasteiger partial charge in [0, 0.05) is 23.3 Å². The first kappa shape index (κ1) is 16.8. The zero-order valence-corrected chi connectivity index (χ0v) is 15.3. The first-order valence-corrected chi connectivity index (χ1v) is 9.25. The van der Waals surface area contributed by atoms with Crippen molar-refractivity contribution in [2.24, 2.45) is 0 Å². The highest BCUT2D eigenvalue weighted by molar-refractivity contribution is 9.10. The van der Waals surface area contributed by atoms with Crippen LogP contribution in [-0.2, 0) is 17.8 Å². The molecule has 3 aromatic rings. The van der Waals surface area contributed by atoms with Gasteiger partial charge in [-0.15, -0.1) is 11.3 Å². The minimum absolute atomic E-state index is 0.00790. The standard InChI is InChI=1S/C18H16BrN3OS/c19-14-5-2-1-4-13(14)7-8-17(23)22-12-15-18(21-10-9-20-15)16-6-3-11-24-16/h1-6,9-11H,7-8,12H2,(H,22,23). The third-order valence-electron chi connectivity index (χ3n) is 3.56. The van der Waals surface area contributed by atoms with Crippen LogP contribution in [0.3, 0.4) is 0 Å². The number of carbonyl (C=O) groups excluding carboxylic acids is 1. The van der Waals surface area contributed by atoms with E-state index in [1.807, 2.05) is 41.8 Å². The van der Waals surface area contributed by atoms with Crippen molar-refractivity contribution in [3.63, 3.8) is 0 Å². The first-order valence-electron chi connectivity index (χ1n) is 7.58. The molecule has 4 nitrogen and oxygen atoms in total. The number of benzene rings is 1. The van der Waals surface area contributed by atoms with Crippen molar-refractivity contribution in [1.82, 2.24) is 15.3 Å². The predicted molar refractivity (Wildman–Crippen MR) is 99.7 cm³/mol. The molecule has 3 rings (SSSR count). The van der Waals surface area contributed by atoms with E-state index in [-0.39, 0.29) is 5.91 Å². The highest BCUT2D eigenvalue weighted by atomic mass is 79.9. The fourth-order valence-corrected chi connectivity index (χ4v) is 3.56. The summed E-state index contributed by atoms with van der Waals surface area (Å²) in [5.74, 6) is 0.00790. The number of nitrogens with zero attached hydrogens (tertiary/aromatic N) is 2. The van der Waals surface area contributed by atoms with E-state index >= 15 is 0 Å². The van der Waals surface area contributed by atoms with Crippen LogP contribution in [0, 0.1) is 0 Å². The molecule has 24 heavy (non-hydrogen) atoms. The van der Waals surface area contributed by atoms with E-state index < -0.39 is 0 Å². The van der Waals surface area contributed by atoms with Crippen molar-refractivity contribution < 1.29 is 4.79 Å². The third-order valence-corrected chi connectivity index (χ3v) is 5.21. The maximum Gasteiger partial charge on any atom is 0.220 e. The molecule has 122 valence electrons. The summed E-state index contributed by atoms with van der Waals surface area (Å²) in [4.78, 5) is 21.9. The Balaban J connectivity index is 1.58. The van der Waals surface area contributed by atoms with Crippen LogP contribution in [0.25, 0.3) is 10.6 Å². The van der Waals surface area contributed by atoms with Crippen molar-refractivity contribution >= 4 is 33.2 Å². The van der Waals surface area contributed by atoms with Crippen molar-refractivity contribution in [3.05, 3.63) is 69.9 Å². The highest BCUT2D eigenvalue weighted by Gasteiger charge is 2.10. The van der Waals surface area contributed by atoms with Gasteiger partial charge in [0.1, 0.15) is 5.69 Å². The zero-order valence-electron chi connectivity index (χ0n) is 12.9. The highest BCUT2D eigenvalue weighted by Crippen LogP contribution is 2.24. The minimum atomic E-state index is 0.00790. The van der Waals surface area contributed by atoms with Crippen LogP contribution in [0.15, 0.2) is 58.6 Å². The van der Waals surface area contributed by atoms with E-state index in [0.29, 0.717) is 19.4 Å². The number of rotatable bonds is 6. The number of aromatic nitrogens is 2. The van der Waals surface area contributed by atoms with Gasteiger partial charge in [0.25, 0.3) is 0 Å². The van der Waals surface area contributed by atoms with E-state index in [2.05, 4.69) is 31.2 Å². The molecule has 1 aromatic carbocycles. The second-order valence-corrected chi connectivity index (χ2v) is 7.00. The van der Waals surface area contributed by atoms with Gasteiger partial charge >= 0.3 is 0 Å². The third kappa shape index (κ3) is 4.27. The lowest BCUT2D eigenvalue weighted by Crippen LogP contribution is -2.24. The fraction of sp³-hybridized carbons (Fsp3) is 0.167. The van der Waals surface area contributed by atoms with E-state index in [9.17, 15) is 4.79 Å². The number of nitrogens with one attached hydrogen (secondary N) is 1. The van der Waals surface area contributed by atoms with Gasteiger partial charge in [-0.05, 0) is 29.5 Å². The lowest BCUT2D eigenvalue weighted by Gasteiger charge is -2.08. The second-order valence-electron chi connectivity index (χ2n) is 5.20. The van der Waals surface area contributed by atoms with Crippen molar-refractivity contribution in [2.75, 3.05) is 0 Å². The van der Waals surface area contributed by atoms with Gasteiger partial charge in [-0.3, -0.25) is 14.8 Å². The molecular weight excluding hydrogens is 386 g/mol. The van der Waals surface area contributed by atoms with Gasteiger partial charge in [0.2, 0.25) is 5.91 Å². The quantitative estimate of drug-likeness (QED) is 0.672. The van der Waals surface area contributed by atoms with Crippen molar-refractivity contribution in [1.29, 1.82) is 0 Å². The molecule has 2 heterocycles. The maximum atomic E-state index is 12.1. The lowest BCUT2D eigenvalue weighted by atomic mass is 10.1. The normalized spacial score (nSPS) is 10.5. The predicted octanol–water partition coefficient (Wildman–Crippen LogP) is 4.22. The van der Waals surface area contributed by atoms with Crippen LogP contribution in [0.1, 0.15) is 17.7 Å². The van der Waals surface area contributed by atoms with E-state index in [4.69, 9.17) is 0 Å². The minimum Gasteiger partial charge on any atom is -0.350 e. The molecule has 0 bridgehead atoms. The molecule has 0 unspecified atom stereocenters. The molecule has 2 aromatic heterocycles. The Kier molecular flexibility index (Phi) is 5.72. The Bertz CT molecular complexity index is 821. The Labute approximate surface area is 153 Å².